The van der Waals surface area contributed by atoms with Crippen molar-refractivity contribution in [1.29, 1.82) is 5.26 Å². The Kier molecular flexibility index (Phi) is 2.43. The number of thiophene rings is 1. The summed E-state index contributed by atoms with van der Waals surface area (Å²) < 4.78 is 17.3. The highest BCUT2D eigenvalue weighted by Gasteiger charge is 2.17. The van der Waals surface area contributed by atoms with Crippen LogP contribution in [-0.2, 0) is 0 Å². The predicted octanol–water partition coefficient (Wildman–Crippen LogP) is 3.65. The lowest BCUT2D eigenvalue weighted by Crippen LogP contribution is -1.97. The standard InChI is InChI=1S/C14H13N3S/c15-9-12-5-6-13(18-12)14(11-3-1-2-4-11)17-8-7-16-10-17/h5-8,10H,1-4H2/i7T,8T. The minimum atomic E-state index is -0.0156. The topological polar surface area (TPSA) is 41.6 Å². The Balaban J connectivity index is 2.17. The first-order valence-corrected chi connectivity index (χ1v) is 6.75. The van der Waals surface area contributed by atoms with Gasteiger partial charge in [-0.3, -0.25) is 0 Å². The van der Waals surface area contributed by atoms with Crippen LogP contribution in [0.25, 0.3) is 5.70 Å². The molecule has 2 aromatic rings. The molecular formula is C14H13N3S. The van der Waals surface area contributed by atoms with E-state index in [2.05, 4.69) is 11.1 Å². The fraction of sp³-hybridized carbons (Fsp3) is 0.286. The van der Waals surface area contributed by atoms with E-state index in [1.807, 2.05) is 6.07 Å². The van der Waals surface area contributed by atoms with E-state index in [0.717, 1.165) is 36.3 Å². The smallest absolute Gasteiger partial charge is 0.110 e. The second-order valence-corrected chi connectivity index (χ2v) is 5.36. The van der Waals surface area contributed by atoms with Gasteiger partial charge in [-0.2, -0.15) is 5.26 Å². The van der Waals surface area contributed by atoms with Crippen molar-refractivity contribution in [2.45, 2.75) is 25.7 Å². The van der Waals surface area contributed by atoms with Gasteiger partial charge in [0.15, 0.2) is 0 Å². The number of aromatic nitrogens is 2. The third-order valence-corrected chi connectivity index (χ3v) is 4.14. The molecule has 1 fully saturated rings. The summed E-state index contributed by atoms with van der Waals surface area (Å²) in [4.78, 5) is 5.55. The maximum absolute atomic E-state index is 8.99. The van der Waals surface area contributed by atoms with Crippen LogP contribution in [0.5, 0.6) is 0 Å². The average Bonchev–Trinajstić information content (AvgIpc) is 3.17. The molecule has 18 heavy (non-hydrogen) atoms. The lowest BCUT2D eigenvalue weighted by Gasteiger charge is -2.10. The van der Waals surface area contributed by atoms with E-state index in [1.54, 1.807) is 10.6 Å². The Morgan fingerprint density at radius 2 is 2.28 bits per heavy atom. The van der Waals surface area contributed by atoms with Crippen LogP contribution in [0.2, 0.25) is 0 Å². The molecular weight excluding hydrogens is 242 g/mol. The molecule has 3 rings (SSSR count). The number of hydrogen-bond acceptors (Lipinski definition) is 3. The minimum absolute atomic E-state index is 0.0156. The molecule has 3 nitrogen and oxygen atoms in total. The van der Waals surface area contributed by atoms with E-state index in [1.165, 1.54) is 23.2 Å². The molecule has 0 aromatic carbocycles. The Hall–Kier alpha value is -1.86. The van der Waals surface area contributed by atoms with Crippen LogP contribution in [-0.4, -0.2) is 9.55 Å². The van der Waals surface area contributed by atoms with Crippen LogP contribution >= 0.6 is 11.3 Å². The van der Waals surface area contributed by atoms with Crippen molar-refractivity contribution in [3.8, 4) is 6.07 Å². The quantitative estimate of drug-likeness (QED) is 0.826. The van der Waals surface area contributed by atoms with E-state index in [-0.39, 0.29) is 12.3 Å². The molecule has 2 aromatic heterocycles. The van der Waals surface area contributed by atoms with E-state index in [4.69, 9.17) is 8.00 Å². The van der Waals surface area contributed by atoms with Gasteiger partial charge in [0.1, 0.15) is 10.9 Å². The van der Waals surface area contributed by atoms with Crippen molar-refractivity contribution >= 4 is 17.0 Å². The number of hydrogen-bond donors (Lipinski definition) is 0. The summed E-state index contributed by atoms with van der Waals surface area (Å²) >= 11 is 1.43. The molecule has 0 radical (unpaired) electrons. The monoisotopic (exact) mass is 259 g/mol. The number of allylic oxidation sites excluding steroid dienone is 1. The normalized spacial score (nSPS) is 16.3. The summed E-state index contributed by atoms with van der Waals surface area (Å²) in [5.41, 5.74) is 2.24. The molecule has 1 aliphatic rings. The zero-order valence-electron chi connectivity index (χ0n) is 11.8. The molecule has 0 bridgehead atoms. The number of nitriles is 1. The maximum atomic E-state index is 8.99. The second kappa shape index (κ2) is 4.79. The maximum Gasteiger partial charge on any atom is 0.110 e. The third kappa shape index (κ3) is 1.98. The van der Waals surface area contributed by atoms with Gasteiger partial charge in [-0.1, -0.05) is 0 Å². The fourth-order valence-corrected chi connectivity index (χ4v) is 3.23. The van der Waals surface area contributed by atoms with Crippen LogP contribution in [0.3, 0.4) is 0 Å². The van der Waals surface area contributed by atoms with Crippen molar-refractivity contribution in [3.05, 3.63) is 46.1 Å². The molecule has 1 saturated carbocycles. The molecule has 0 N–H and O–H groups in total. The second-order valence-electron chi connectivity index (χ2n) is 4.27. The highest BCUT2D eigenvalue weighted by molar-refractivity contribution is 7.13. The van der Waals surface area contributed by atoms with Crippen molar-refractivity contribution in [2.75, 3.05) is 0 Å². The van der Waals surface area contributed by atoms with Gasteiger partial charge in [0, 0.05) is 12.3 Å². The predicted molar refractivity (Wildman–Crippen MR) is 72.0 cm³/mol. The summed E-state index contributed by atoms with van der Waals surface area (Å²) in [5, 5.41) is 8.99. The van der Waals surface area contributed by atoms with Crippen LogP contribution in [0, 0.1) is 11.3 Å². The van der Waals surface area contributed by atoms with Gasteiger partial charge >= 0.3 is 0 Å². The Labute approximate surface area is 113 Å². The fourth-order valence-electron chi connectivity index (χ4n) is 2.34. The van der Waals surface area contributed by atoms with Gasteiger partial charge in [0.2, 0.25) is 0 Å². The van der Waals surface area contributed by atoms with Gasteiger partial charge < -0.3 is 4.57 Å². The van der Waals surface area contributed by atoms with E-state index < -0.39 is 0 Å². The van der Waals surface area contributed by atoms with Crippen molar-refractivity contribution in [2.24, 2.45) is 0 Å². The van der Waals surface area contributed by atoms with Gasteiger partial charge in [-0.25, -0.2) is 4.98 Å². The summed E-state index contributed by atoms with van der Waals surface area (Å²) in [6, 6.07) is 5.88. The molecule has 90 valence electrons. The Morgan fingerprint density at radius 3 is 2.89 bits per heavy atom. The molecule has 0 saturated heterocycles. The van der Waals surface area contributed by atoms with Crippen molar-refractivity contribution < 1.29 is 2.74 Å². The van der Waals surface area contributed by atoms with Crippen LogP contribution in [0.1, 0.15) is 38.2 Å². The molecule has 0 amide bonds. The molecule has 4 heteroatoms. The van der Waals surface area contributed by atoms with Crippen LogP contribution < -0.4 is 0 Å². The summed E-state index contributed by atoms with van der Waals surface area (Å²) in [5.74, 6) is 0. The first-order valence-electron chi connectivity index (χ1n) is 6.94. The number of imidazole rings is 1. The summed E-state index contributed by atoms with van der Waals surface area (Å²) in [7, 11) is 0. The molecule has 0 atom stereocenters. The zero-order chi connectivity index (χ0) is 14.1. The minimum Gasteiger partial charge on any atom is -0.305 e. The number of nitrogens with zero attached hydrogens (tertiary/aromatic N) is 3. The molecule has 0 spiro atoms. The summed E-state index contributed by atoms with van der Waals surface area (Å²) in [6.07, 6.45) is 5.97. The first-order chi connectivity index (χ1) is 9.70. The highest BCUT2D eigenvalue weighted by Crippen LogP contribution is 2.35. The van der Waals surface area contributed by atoms with Crippen molar-refractivity contribution in [3.63, 3.8) is 0 Å². The molecule has 2 heterocycles. The van der Waals surface area contributed by atoms with Crippen LogP contribution in [0.4, 0.5) is 0 Å². The van der Waals surface area contributed by atoms with Gasteiger partial charge in [0.25, 0.3) is 0 Å². The van der Waals surface area contributed by atoms with Gasteiger partial charge in [0.05, 0.1) is 19.6 Å². The molecule has 0 unspecified atom stereocenters. The molecule has 0 aliphatic heterocycles. The lowest BCUT2D eigenvalue weighted by atomic mass is 10.1. The first kappa shape index (κ1) is 9.12. The number of rotatable bonds is 2. The SMILES string of the molecule is [3H]c1ncn(C(=C2CCCC2)c2ccc(C#N)s2)c1[3H]. The van der Waals surface area contributed by atoms with Crippen LogP contribution in [0.15, 0.2) is 36.4 Å². The van der Waals surface area contributed by atoms with Gasteiger partial charge in [-0.15, -0.1) is 11.3 Å². The van der Waals surface area contributed by atoms with E-state index in [9.17, 15) is 0 Å². The zero-order valence-corrected chi connectivity index (χ0v) is 10.6. The summed E-state index contributed by atoms with van der Waals surface area (Å²) in [6.45, 7) is 0. The highest BCUT2D eigenvalue weighted by atomic mass is 32.1. The average molecular weight is 259 g/mol. The Morgan fingerprint density at radius 1 is 1.44 bits per heavy atom. The van der Waals surface area contributed by atoms with Crippen molar-refractivity contribution in [1.82, 2.24) is 9.55 Å². The Bertz CT molecular complexity index is 713. The third-order valence-electron chi connectivity index (χ3n) is 3.14. The van der Waals surface area contributed by atoms with E-state index in [0.29, 0.717) is 4.88 Å². The largest absolute Gasteiger partial charge is 0.305 e. The molecule has 1 aliphatic carbocycles. The van der Waals surface area contributed by atoms with E-state index >= 15 is 0 Å². The lowest BCUT2D eigenvalue weighted by molar-refractivity contribution is 0.886. The van der Waals surface area contributed by atoms with Gasteiger partial charge in [-0.05, 0) is 43.4 Å².